The minimum Gasteiger partial charge on any atom is -0.393 e. The Balaban J connectivity index is 1.59. The fraction of sp³-hybridized carbons (Fsp3) is 0.483. The van der Waals surface area contributed by atoms with E-state index in [0.29, 0.717) is 33.7 Å². The van der Waals surface area contributed by atoms with Crippen LogP contribution in [0, 0.1) is 5.41 Å². The summed E-state index contributed by atoms with van der Waals surface area (Å²) in [5.74, 6) is 0.483. The van der Waals surface area contributed by atoms with Gasteiger partial charge in [0.1, 0.15) is 0 Å². The van der Waals surface area contributed by atoms with Gasteiger partial charge in [-0.25, -0.2) is 9.97 Å². The molecule has 210 valence electrons. The van der Waals surface area contributed by atoms with E-state index in [0.717, 1.165) is 18.4 Å². The number of aliphatic hydroxyl groups excluding tert-OH is 1. The molecule has 39 heavy (non-hydrogen) atoms. The number of nitrogens with zero attached hydrogens (tertiary/aromatic N) is 3. The van der Waals surface area contributed by atoms with Crippen molar-refractivity contribution in [3.63, 3.8) is 0 Å². The summed E-state index contributed by atoms with van der Waals surface area (Å²) < 4.78 is 7.65. The summed E-state index contributed by atoms with van der Waals surface area (Å²) in [4.78, 5) is 22.4. The summed E-state index contributed by atoms with van der Waals surface area (Å²) in [6, 6.07) is 10.3. The number of nitrogens with one attached hydrogen (secondary N) is 1. The predicted octanol–water partition coefficient (Wildman–Crippen LogP) is 7.02. The summed E-state index contributed by atoms with van der Waals surface area (Å²) >= 11 is 13.9. The molecule has 0 aliphatic heterocycles. The number of aliphatic hydroxyl groups is 1. The van der Waals surface area contributed by atoms with E-state index >= 15 is 0 Å². The smallest absolute Gasteiger partial charge is 0.251 e. The quantitative estimate of drug-likeness (QED) is 0.259. The van der Waals surface area contributed by atoms with Crippen molar-refractivity contribution in [2.24, 2.45) is 5.41 Å². The maximum Gasteiger partial charge on any atom is 0.251 e. The van der Waals surface area contributed by atoms with E-state index in [1.54, 1.807) is 41.2 Å². The van der Waals surface area contributed by atoms with Gasteiger partial charge >= 0.3 is 0 Å². The second-order valence-corrected chi connectivity index (χ2v) is 13.8. The van der Waals surface area contributed by atoms with E-state index in [-0.39, 0.29) is 34.5 Å². The summed E-state index contributed by atoms with van der Waals surface area (Å²) in [6.07, 6.45) is 5.45. The Hall–Kier alpha value is -2.10. The molecule has 1 fully saturated rings. The van der Waals surface area contributed by atoms with Crippen LogP contribution < -0.4 is 10.9 Å². The Morgan fingerprint density at radius 1 is 1.13 bits per heavy atom. The van der Waals surface area contributed by atoms with Crippen LogP contribution in [0.1, 0.15) is 65.5 Å². The first-order valence-corrected chi connectivity index (χ1v) is 14.6. The van der Waals surface area contributed by atoms with Gasteiger partial charge < -0.3 is 19.2 Å². The van der Waals surface area contributed by atoms with E-state index < -0.39 is 6.04 Å². The molecule has 1 aromatic carbocycles. The average molecular weight is 592 g/mol. The van der Waals surface area contributed by atoms with Gasteiger partial charge in [-0.15, -0.1) is 0 Å². The highest BCUT2D eigenvalue weighted by atomic mass is 35.5. The van der Waals surface area contributed by atoms with Gasteiger partial charge in [0.15, 0.2) is 0 Å². The van der Waals surface area contributed by atoms with Crippen molar-refractivity contribution in [2.45, 2.75) is 76.8 Å². The Kier molecular flexibility index (Phi) is 9.33. The van der Waals surface area contributed by atoms with Crippen LogP contribution in [-0.4, -0.2) is 43.1 Å². The van der Waals surface area contributed by atoms with E-state index in [1.807, 2.05) is 12.1 Å². The van der Waals surface area contributed by atoms with Crippen LogP contribution >= 0.6 is 35.2 Å². The average Bonchev–Trinajstić information content (AvgIpc) is 3.27. The van der Waals surface area contributed by atoms with Crippen molar-refractivity contribution >= 4 is 41.2 Å². The number of pyridine rings is 1. The van der Waals surface area contributed by atoms with Crippen molar-refractivity contribution < 1.29 is 9.29 Å². The molecular formula is C29H36Cl2N4O3S. The molecule has 7 nitrogen and oxygen atoms in total. The summed E-state index contributed by atoms with van der Waals surface area (Å²) in [5.41, 5.74) is 1.96. The van der Waals surface area contributed by atoms with E-state index in [4.69, 9.17) is 27.4 Å². The minimum atomic E-state index is -0.416. The molecule has 3 atom stereocenters. The standard InChI is InChI=1S/C29H36Cl2N4O3S/c1-28(2,3)29(4,5)39-38-17-25(19-6-9-22(30)23(31)14-19)35-13-11-18(15-26(35)37)24-10-12-32-27(34-24)33-20-7-8-21(36)16-20/h6,9-15,20-21,25,36H,7-8,16-17H2,1-5H3,(H,32,33,34)/t20-,21-,25+/m0/s1. The molecule has 2 N–H and O–H groups in total. The summed E-state index contributed by atoms with van der Waals surface area (Å²) in [5, 5.41) is 14.0. The highest BCUT2D eigenvalue weighted by molar-refractivity contribution is 7.96. The maximum absolute atomic E-state index is 13.5. The van der Waals surface area contributed by atoms with Gasteiger partial charge in [0.2, 0.25) is 5.95 Å². The van der Waals surface area contributed by atoms with Crippen molar-refractivity contribution in [3.8, 4) is 11.3 Å². The number of aromatic nitrogens is 3. The number of hydrogen-bond acceptors (Lipinski definition) is 7. The zero-order valence-electron chi connectivity index (χ0n) is 22.9. The lowest BCUT2D eigenvalue weighted by molar-refractivity contribution is 0.182. The van der Waals surface area contributed by atoms with Gasteiger partial charge in [0, 0.05) is 34.8 Å². The lowest BCUT2D eigenvalue weighted by Crippen LogP contribution is -2.34. The molecule has 2 aromatic heterocycles. The van der Waals surface area contributed by atoms with Gasteiger partial charge in [-0.2, -0.15) is 0 Å². The molecule has 0 unspecified atom stereocenters. The van der Waals surface area contributed by atoms with Crippen LogP contribution in [0.3, 0.4) is 0 Å². The fourth-order valence-electron chi connectivity index (χ4n) is 4.19. The van der Waals surface area contributed by atoms with E-state index in [9.17, 15) is 9.90 Å². The Labute approximate surface area is 244 Å². The van der Waals surface area contributed by atoms with Crippen molar-refractivity contribution in [3.05, 3.63) is 74.8 Å². The van der Waals surface area contributed by atoms with Crippen LogP contribution in [-0.2, 0) is 4.18 Å². The Morgan fingerprint density at radius 3 is 2.54 bits per heavy atom. The van der Waals surface area contributed by atoms with Crippen molar-refractivity contribution in [1.82, 2.24) is 14.5 Å². The third kappa shape index (κ3) is 7.35. The van der Waals surface area contributed by atoms with Crippen LogP contribution in [0.5, 0.6) is 0 Å². The van der Waals surface area contributed by atoms with Crippen LogP contribution in [0.2, 0.25) is 10.0 Å². The fourth-order valence-corrected chi connectivity index (χ4v) is 5.24. The molecule has 0 saturated heterocycles. The minimum absolute atomic E-state index is 0.0120. The van der Waals surface area contributed by atoms with Gasteiger partial charge in [-0.3, -0.25) is 4.79 Å². The Morgan fingerprint density at radius 2 is 1.90 bits per heavy atom. The molecule has 1 saturated carbocycles. The van der Waals surface area contributed by atoms with Gasteiger partial charge in [0.05, 0.1) is 34.5 Å². The molecule has 0 amide bonds. The lowest BCUT2D eigenvalue weighted by Gasteiger charge is -2.37. The van der Waals surface area contributed by atoms with Gasteiger partial charge in [-0.1, -0.05) is 50.0 Å². The van der Waals surface area contributed by atoms with Crippen molar-refractivity contribution in [1.29, 1.82) is 0 Å². The Bertz CT molecular complexity index is 1360. The molecule has 0 bridgehead atoms. The van der Waals surface area contributed by atoms with Gasteiger partial charge in [0.25, 0.3) is 5.56 Å². The highest BCUT2D eigenvalue weighted by Gasteiger charge is 2.35. The number of benzene rings is 1. The van der Waals surface area contributed by atoms with Crippen molar-refractivity contribution in [2.75, 3.05) is 11.9 Å². The monoisotopic (exact) mass is 590 g/mol. The summed E-state index contributed by atoms with van der Waals surface area (Å²) in [6.45, 7) is 11.1. The number of hydrogen-bond donors (Lipinski definition) is 2. The topological polar surface area (TPSA) is 89.3 Å². The number of halogens is 2. The van der Waals surface area contributed by atoms with Gasteiger partial charge in [-0.05, 0) is 80.4 Å². The normalized spacial score (nSPS) is 18.8. The molecule has 1 aliphatic carbocycles. The summed E-state index contributed by atoms with van der Waals surface area (Å²) in [7, 11) is 0. The van der Waals surface area contributed by atoms with Crippen LogP contribution in [0.4, 0.5) is 5.95 Å². The zero-order chi connectivity index (χ0) is 28.4. The SMILES string of the molecule is CC(C)(C)C(C)(C)SOC[C@H](c1ccc(Cl)c(Cl)c1)n1ccc(-c2ccnc(N[C@H]3CC[C@H](O)C3)n2)cc1=O. The first-order chi connectivity index (χ1) is 18.3. The predicted molar refractivity (Wildman–Crippen MR) is 161 cm³/mol. The third-order valence-electron chi connectivity index (χ3n) is 7.60. The molecular weight excluding hydrogens is 555 g/mol. The molecule has 3 aromatic rings. The first kappa shape index (κ1) is 29.9. The van der Waals surface area contributed by atoms with E-state index in [2.05, 4.69) is 49.9 Å². The van der Waals surface area contributed by atoms with E-state index in [1.165, 1.54) is 12.0 Å². The largest absolute Gasteiger partial charge is 0.393 e. The number of rotatable bonds is 9. The zero-order valence-corrected chi connectivity index (χ0v) is 25.3. The van der Waals surface area contributed by atoms with Crippen LogP contribution in [0.25, 0.3) is 11.3 Å². The second kappa shape index (κ2) is 12.2. The molecule has 2 heterocycles. The molecule has 0 radical (unpaired) electrons. The molecule has 10 heteroatoms. The lowest BCUT2D eigenvalue weighted by atomic mass is 9.83. The van der Waals surface area contributed by atoms with Crippen LogP contribution in [0.15, 0.2) is 53.6 Å². The first-order valence-electron chi connectivity index (χ1n) is 13.1. The molecule has 1 aliphatic rings. The second-order valence-electron chi connectivity index (χ2n) is 11.6. The number of anilines is 1. The molecule has 0 spiro atoms. The maximum atomic E-state index is 13.5. The molecule has 4 rings (SSSR count). The third-order valence-corrected chi connectivity index (χ3v) is 9.62. The highest BCUT2D eigenvalue weighted by Crippen LogP contribution is 2.42.